The van der Waals surface area contributed by atoms with E-state index in [-0.39, 0.29) is 0 Å². The van der Waals surface area contributed by atoms with E-state index in [2.05, 4.69) is 79.0 Å². The van der Waals surface area contributed by atoms with Gasteiger partial charge in [-0.05, 0) is 28.8 Å². The van der Waals surface area contributed by atoms with Gasteiger partial charge in [-0.3, -0.25) is 0 Å². The second-order valence-electron chi connectivity index (χ2n) is 6.36. The van der Waals surface area contributed by atoms with Crippen LogP contribution in [0.25, 0.3) is 10.8 Å². The van der Waals surface area contributed by atoms with E-state index < -0.39 is 0 Å². The minimum atomic E-state index is 0.321. The summed E-state index contributed by atoms with van der Waals surface area (Å²) in [6.45, 7) is 4.11. The molecule has 0 fully saturated rings. The van der Waals surface area contributed by atoms with Gasteiger partial charge in [0.15, 0.2) is 0 Å². The van der Waals surface area contributed by atoms with Crippen LogP contribution < -0.4 is 10.1 Å². The average molecular weight is 349 g/mol. The molecule has 0 radical (unpaired) electrons. The number of hydrogen-bond donors (Lipinski definition) is 1. The Labute approximate surface area is 156 Å². The molecule has 0 saturated carbocycles. The fourth-order valence-corrected chi connectivity index (χ4v) is 3.28. The Balaban J connectivity index is 1.85. The van der Waals surface area contributed by atoms with Gasteiger partial charge in [-0.1, -0.05) is 67.6 Å². The van der Waals surface area contributed by atoms with Gasteiger partial charge in [-0.25, -0.2) is 0 Å². The molecule has 0 saturated heterocycles. The van der Waals surface area contributed by atoms with Crippen LogP contribution in [0, 0.1) is 0 Å². The highest BCUT2D eigenvalue weighted by molar-refractivity contribution is 5.87. The van der Waals surface area contributed by atoms with Crippen LogP contribution >= 0.6 is 0 Å². The molecule has 0 amide bonds. The van der Waals surface area contributed by atoms with Crippen LogP contribution in [-0.4, -0.2) is 20.3 Å². The Bertz CT molecular complexity index is 817. The number of hydrogen-bond acceptors (Lipinski definition) is 3. The normalized spacial score (nSPS) is 12.2. The van der Waals surface area contributed by atoms with E-state index in [0.717, 1.165) is 18.7 Å². The standard InChI is InChI=1S/C23H27NO2/c1-3-22(19-10-5-4-6-11-19)24-17-21-20-12-8-7-9-18(20)13-14-23(21)26-16-15-25-2/h4-14,22,24H,3,15-17H2,1-2H3. The third-order valence-electron chi connectivity index (χ3n) is 4.68. The number of nitrogens with one attached hydrogen (secondary N) is 1. The lowest BCUT2D eigenvalue weighted by Gasteiger charge is -2.20. The number of benzene rings is 3. The number of methoxy groups -OCH3 is 1. The van der Waals surface area contributed by atoms with Gasteiger partial charge in [0.2, 0.25) is 0 Å². The molecule has 0 bridgehead atoms. The van der Waals surface area contributed by atoms with Crippen LogP contribution in [0.15, 0.2) is 66.7 Å². The van der Waals surface area contributed by atoms with Crippen molar-refractivity contribution in [1.29, 1.82) is 0 Å². The lowest BCUT2D eigenvalue weighted by atomic mass is 10.0. The molecular formula is C23H27NO2. The molecule has 1 unspecified atom stereocenters. The fraction of sp³-hybridized carbons (Fsp3) is 0.304. The molecule has 0 heterocycles. The van der Waals surface area contributed by atoms with E-state index in [1.807, 2.05) is 0 Å². The molecular weight excluding hydrogens is 322 g/mol. The smallest absolute Gasteiger partial charge is 0.124 e. The Hall–Kier alpha value is -2.36. The summed E-state index contributed by atoms with van der Waals surface area (Å²) in [6.07, 6.45) is 1.04. The zero-order valence-electron chi connectivity index (χ0n) is 15.6. The molecule has 0 aliphatic heterocycles. The largest absolute Gasteiger partial charge is 0.491 e. The molecule has 1 N–H and O–H groups in total. The molecule has 136 valence electrons. The maximum atomic E-state index is 5.99. The summed E-state index contributed by atoms with van der Waals surface area (Å²) in [7, 11) is 1.69. The first kappa shape index (κ1) is 18.4. The van der Waals surface area contributed by atoms with Crippen molar-refractivity contribution < 1.29 is 9.47 Å². The van der Waals surface area contributed by atoms with Crippen LogP contribution in [0.1, 0.15) is 30.5 Å². The summed E-state index contributed by atoms with van der Waals surface area (Å²) in [5.74, 6) is 0.927. The van der Waals surface area contributed by atoms with E-state index in [1.165, 1.54) is 21.9 Å². The van der Waals surface area contributed by atoms with Crippen molar-refractivity contribution in [2.75, 3.05) is 20.3 Å². The van der Waals surface area contributed by atoms with Crippen LogP contribution in [0.5, 0.6) is 5.75 Å². The summed E-state index contributed by atoms with van der Waals surface area (Å²) >= 11 is 0. The summed E-state index contributed by atoms with van der Waals surface area (Å²) in [4.78, 5) is 0. The number of ether oxygens (including phenoxy) is 2. The Morgan fingerprint density at radius 3 is 2.42 bits per heavy atom. The van der Waals surface area contributed by atoms with Crippen LogP contribution in [-0.2, 0) is 11.3 Å². The van der Waals surface area contributed by atoms with E-state index in [9.17, 15) is 0 Å². The highest BCUT2D eigenvalue weighted by atomic mass is 16.5. The zero-order valence-corrected chi connectivity index (χ0v) is 15.6. The van der Waals surface area contributed by atoms with E-state index >= 15 is 0 Å². The molecule has 3 rings (SSSR count). The molecule has 3 aromatic carbocycles. The maximum absolute atomic E-state index is 5.99. The van der Waals surface area contributed by atoms with Gasteiger partial charge in [-0.2, -0.15) is 0 Å². The highest BCUT2D eigenvalue weighted by Crippen LogP contribution is 2.29. The third-order valence-corrected chi connectivity index (χ3v) is 4.68. The monoisotopic (exact) mass is 349 g/mol. The molecule has 1 atom stereocenters. The van der Waals surface area contributed by atoms with Crippen molar-refractivity contribution in [3.05, 3.63) is 77.9 Å². The molecule has 3 nitrogen and oxygen atoms in total. The average Bonchev–Trinajstić information content (AvgIpc) is 2.70. The lowest BCUT2D eigenvalue weighted by Crippen LogP contribution is -2.21. The van der Waals surface area contributed by atoms with Crippen molar-refractivity contribution in [2.45, 2.75) is 25.9 Å². The second-order valence-corrected chi connectivity index (χ2v) is 6.36. The van der Waals surface area contributed by atoms with Gasteiger partial charge < -0.3 is 14.8 Å². The Morgan fingerprint density at radius 2 is 1.65 bits per heavy atom. The molecule has 0 aliphatic carbocycles. The fourth-order valence-electron chi connectivity index (χ4n) is 3.28. The minimum Gasteiger partial charge on any atom is -0.491 e. The first-order valence-electron chi connectivity index (χ1n) is 9.24. The van der Waals surface area contributed by atoms with Gasteiger partial charge in [0.25, 0.3) is 0 Å². The summed E-state index contributed by atoms with van der Waals surface area (Å²) in [5.41, 5.74) is 2.52. The van der Waals surface area contributed by atoms with Crippen molar-refractivity contribution in [3.8, 4) is 5.75 Å². The van der Waals surface area contributed by atoms with Gasteiger partial charge in [0, 0.05) is 25.3 Å². The highest BCUT2D eigenvalue weighted by Gasteiger charge is 2.13. The molecule has 3 heteroatoms. The van der Waals surface area contributed by atoms with Crippen molar-refractivity contribution in [3.63, 3.8) is 0 Å². The minimum absolute atomic E-state index is 0.321. The first-order valence-corrected chi connectivity index (χ1v) is 9.24. The van der Waals surface area contributed by atoms with Gasteiger partial charge >= 0.3 is 0 Å². The molecule has 26 heavy (non-hydrogen) atoms. The quantitative estimate of drug-likeness (QED) is 0.545. The second kappa shape index (κ2) is 9.37. The topological polar surface area (TPSA) is 30.5 Å². The lowest BCUT2D eigenvalue weighted by molar-refractivity contribution is 0.145. The van der Waals surface area contributed by atoms with Crippen molar-refractivity contribution >= 4 is 10.8 Å². The molecule has 3 aromatic rings. The zero-order chi connectivity index (χ0) is 18.2. The Kier molecular flexibility index (Phi) is 6.64. The summed E-state index contributed by atoms with van der Waals surface area (Å²) < 4.78 is 11.1. The van der Waals surface area contributed by atoms with E-state index in [1.54, 1.807) is 7.11 Å². The van der Waals surface area contributed by atoms with E-state index in [4.69, 9.17) is 9.47 Å². The van der Waals surface area contributed by atoms with Crippen molar-refractivity contribution in [1.82, 2.24) is 5.32 Å². The predicted octanol–water partition coefficient (Wildman–Crippen LogP) is 5.11. The summed E-state index contributed by atoms with van der Waals surface area (Å²) in [6, 6.07) is 23.6. The third kappa shape index (κ3) is 4.43. The van der Waals surface area contributed by atoms with E-state index in [0.29, 0.717) is 19.3 Å². The Morgan fingerprint density at radius 1 is 0.885 bits per heavy atom. The van der Waals surface area contributed by atoms with Crippen molar-refractivity contribution in [2.24, 2.45) is 0 Å². The van der Waals surface area contributed by atoms with Crippen LogP contribution in [0.2, 0.25) is 0 Å². The number of rotatable bonds is 9. The van der Waals surface area contributed by atoms with Crippen LogP contribution in [0.3, 0.4) is 0 Å². The molecule has 0 spiro atoms. The molecule has 0 aliphatic rings. The first-order chi connectivity index (χ1) is 12.8. The number of fused-ring (bicyclic) bond motifs is 1. The van der Waals surface area contributed by atoms with Gasteiger partial charge in [0.05, 0.1) is 6.61 Å². The predicted molar refractivity (Wildman–Crippen MR) is 108 cm³/mol. The van der Waals surface area contributed by atoms with Gasteiger partial charge in [-0.15, -0.1) is 0 Å². The SMILES string of the molecule is CCC(NCc1c(OCCOC)ccc2ccccc12)c1ccccc1. The summed E-state index contributed by atoms with van der Waals surface area (Å²) in [5, 5.41) is 6.18. The van der Waals surface area contributed by atoms with Gasteiger partial charge in [0.1, 0.15) is 12.4 Å². The maximum Gasteiger partial charge on any atom is 0.124 e. The van der Waals surface area contributed by atoms with Crippen LogP contribution in [0.4, 0.5) is 0 Å². The molecule has 0 aromatic heterocycles.